The van der Waals surface area contributed by atoms with E-state index in [1.54, 1.807) is 18.3 Å². The molecule has 1 aliphatic heterocycles. The van der Waals surface area contributed by atoms with Crippen molar-refractivity contribution in [3.05, 3.63) is 59.3 Å². The third-order valence-electron chi connectivity index (χ3n) is 5.99. The molecule has 0 radical (unpaired) electrons. The molecule has 7 N–H and O–H groups in total. The molecule has 7 heteroatoms. The lowest BCUT2D eigenvalue weighted by atomic mass is 9.89. The van der Waals surface area contributed by atoms with Crippen LogP contribution in [0.4, 0.5) is 11.5 Å². The number of aromatic hydroxyl groups is 1. The van der Waals surface area contributed by atoms with E-state index in [1.807, 2.05) is 38.1 Å². The van der Waals surface area contributed by atoms with Crippen LogP contribution in [0.1, 0.15) is 27.9 Å². The number of carbonyl (C=O) groups is 1. The molecule has 31 heavy (non-hydrogen) atoms. The average Bonchev–Trinajstić information content (AvgIpc) is 3.18. The van der Waals surface area contributed by atoms with Crippen LogP contribution in [0.2, 0.25) is 0 Å². The number of carbonyl (C=O) groups excluding carboxylic acids is 1. The first-order valence-electron chi connectivity index (χ1n) is 10.3. The Bertz CT molecular complexity index is 1170. The van der Waals surface area contributed by atoms with Gasteiger partial charge in [0.2, 0.25) is 0 Å². The van der Waals surface area contributed by atoms with Crippen molar-refractivity contribution in [1.29, 1.82) is 0 Å². The molecule has 1 atom stereocenters. The van der Waals surface area contributed by atoms with Crippen molar-refractivity contribution in [2.75, 3.05) is 23.7 Å². The number of anilines is 2. The van der Waals surface area contributed by atoms with Gasteiger partial charge in [-0.15, -0.1) is 0 Å². The van der Waals surface area contributed by atoms with Gasteiger partial charge in [-0.25, -0.2) is 4.98 Å². The predicted octanol–water partition coefficient (Wildman–Crippen LogP) is 2.96. The molecule has 0 bridgehead atoms. The fourth-order valence-corrected chi connectivity index (χ4v) is 4.25. The van der Waals surface area contributed by atoms with E-state index in [0.29, 0.717) is 16.8 Å². The van der Waals surface area contributed by atoms with Gasteiger partial charge in [0, 0.05) is 30.9 Å². The molecule has 1 aliphatic rings. The lowest BCUT2D eigenvalue weighted by molar-refractivity contribution is 0.100. The SMILES string of the molecule is Cc1ccc(O)c(C)c1-c1cc(-c2ccnc(N3CC[C@@H](N)C3)c2)cc(C(N)=O)c1N. The van der Waals surface area contributed by atoms with Gasteiger partial charge >= 0.3 is 0 Å². The first-order chi connectivity index (χ1) is 14.8. The van der Waals surface area contributed by atoms with Gasteiger partial charge in [0.1, 0.15) is 11.6 Å². The third-order valence-corrected chi connectivity index (χ3v) is 5.99. The summed E-state index contributed by atoms with van der Waals surface area (Å²) < 4.78 is 0. The number of pyridine rings is 1. The van der Waals surface area contributed by atoms with Crippen molar-refractivity contribution in [3.63, 3.8) is 0 Å². The minimum atomic E-state index is -0.601. The van der Waals surface area contributed by atoms with Crippen LogP contribution in [0, 0.1) is 13.8 Å². The minimum absolute atomic E-state index is 0.145. The number of phenolic OH excluding ortho intramolecular Hbond substituents is 1. The Morgan fingerprint density at radius 1 is 1.16 bits per heavy atom. The Kier molecular flexibility index (Phi) is 5.29. The second-order valence-electron chi connectivity index (χ2n) is 8.15. The predicted molar refractivity (Wildman–Crippen MR) is 124 cm³/mol. The number of nitrogens with zero attached hydrogens (tertiary/aromatic N) is 2. The van der Waals surface area contributed by atoms with Gasteiger partial charge in [-0.3, -0.25) is 4.79 Å². The first kappa shape index (κ1) is 20.7. The van der Waals surface area contributed by atoms with Crippen LogP contribution in [0.3, 0.4) is 0 Å². The molecule has 2 aromatic carbocycles. The maximum atomic E-state index is 12.2. The van der Waals surface area contributed by atoms with E-state index < -0.39 is 5.91 Å². The van der Waals surface area contributed by atoms with E-state index in [4.69, 9.17) is 17.2 Å². The zero-order chi connectivity index (χ0) is 22.3. The lowest BCUT2D eigenvalue weighted by Gasteiger charge is -2.19. The Labute approximate surface area is 181 Å². The van der Waals surface area contributed by atoms with Crippen LogP contribution in [-0.2, 0) is 0 Å². The van der Waals surface area contributed by atoms with Crippen molar-refractivity contribution in [2.45, 2.75) is 26.3 Å². The fraction of sp³-hybridized carbons (Fsp3) is 0.250. The van der Waals surface area contributed by atoms with E-state index in [2.05, 4.69) is 9.88 Å². The monoisotopic (exact) mass is 417 g/mol. The summed E-state index contributed by atoms with van der Waals surface area (Å²) in [6, 6.07) is 11.1. The van der Waals surface area contributed by atoms with Gasteiger partial charge in [-0.05, 0) is 78.4 Å². The van der Waals surface area contributed by atoms with Crippen molar-refractivity contribution >= 4 is 17.4 Å². The number of nitrogen functional groups attached to an aromatic ring is 1. The van der Waals surface area contributed by atoms with Crippen molar-refractivity contribution in [2.24, 2.45) is 11.5 Å². The lowest BCUT2D eigenvalue weighted by Crippen LogP contribution is -2.26. The molecule has 2 heterocycles. The maximum Gasteiger partial charge on any atom is 0.250 e. The molecule has 0 unspecified atom stereocenters. The summed E-state index contributed by atoms with van der Waals surface area (Å²) in [5.41, 5.74) is 23.4. The van der Waals surface area contributed by atoms with Gasteiger partial charge in [0.25, 0.3) is 5.91 Å². The standard InChI is InChI=1S/C24H27N5O2/c1-13-3-4-20(30)14(2)22(13)18-9-16(10-19(23(18)26)24(27)31)15-5-7-28-21(11-15)29-8-6-17(25)12-29/h3-5,7,9-11,17,30H,6,8,12,25-26H2,1-2H3,(H2,27,31)/t17-/m1/s1. The fourth-order valence-electron chi connectivity index (χ4n) is 4.25. The van der Waals surface area contributed by atoms with E-state index in [-0.39, 0.29) is 17.4 Å². The van der Waals surface area contributed by atoms with Gasteiger partial charge in [-0.2, -0.15) is 0 Å². The summed E-state index contributed by atoms with van der Waals surface area (Å²) >= 11 is 0. The number of amides is 1. The summed E-state index contributed by atoms with van der Waals surface area (Å²) in [6.07, 6.45) is 2.68. The summed E-state index contributed by atoms with van der Waals surface area (Å²) in [6.45, 7) is 5.39. The van der Waals surface area contributed by atoms with Crippen LogP contribution in [0.5, 0.6) is 5.75 Å². The van der Waals surface area contributed by atoms with Crippen molar-refractivity contribution < 1.29 is 9.90 Å². The first-order valence-corrected chi connectivity index (χ1v) is 10.3. The molecule has 3 aromatic rings. The highest BCUT2D eigenvalue weighted by Crippen LogP contribution is 2.40. The van der Waals surface area contributed by atoms with Gasteiger partial charge in [-0.1, -0.05) is 6.07 Å². The third kappa shape index (κ3) is 3.80. The molecule has 1 saturated heterocycles. The number of rotatable bonds is 4. The molecule has 7 nitrogen and oxygen atoms in total. The number of aryl methyl sites for hydroxylation is 1. The number of aromatic nitrogens is 1. The number of hydrogen-bond acceptors (Lipinski definition) is 6. The highest BCUT2D eigenvalue weighted by atomic mass is 16.3. The van der Waals surface area contributed by atoms with Crippen LogP contribution in [-0.4, -0.2) is 35.1 Å². The Morgan fingerprint density at radius 2 is 1.94 bits per heavy atom. The van der Waals surface area contributed by atoms with Crippen molar-refractivity contribution in [3.8, 4) is 28.0 Å². The van der Waals surface area contributed by atoms with Crippen LogP contribution >= 0.6 is 0 Å². The molecule has 0 spiro atoms. The maximum absolute atomic E-state index is 12.2. The number of hydrogen-bond donors (Lipinski definition) is 4. The average molecular weight is 418 g/mol. The van der Waals surface area contributed by atoms with E-state index in [1.165, 1.54) is 0 Å². The molecule has 0 saturated carbocycles. The van der Waals surface area contributed by atoms with E-state index in [0.717, 1.165) is 47.6 Å². The van der Waals surface area contributed by atoms with Gasteiger partial charge in [0.15, 0.2) is 0 Å². The van der Waals surface area contributed by atoms with Crippen LogP contribution in [0.15, 0.2) is 42.6 Å². The van der Waals surface area contributed by atoms with E-state index in [9.17, 15) is 9.90 Å². The molecule has 1 fully saturated rings. The quantitative estimate of drug-likeness (QED) is 0.483. The number of nitrogens with two attached hydrogens (primary N) is 3. The van der Waals surface area contributed by atoms with Crippen LogP contribution in [0.25, 0.3) is 22.3 Å². The molecular weight excluding hydrogens is 390 g/mol. The number of phenols is 1. The Morgan fingerprint density at radius 3 is 2.61 bits per heavy atom. The summed E-state index contributed by atoms with van der Waals surface area (Å²) in [5, 5.41) is 10.3. The topological polar surface area (TPSA) is 131 Å². The highest BCUT2D eigenvalue weighted by Gasteiger charge is 2.22. The zero-order valence-electron chi connectivity index (χ0n) is 17.7. The Balaban J connectivity index is 1.89. The summed E-state index contributed by atoms with van der Waals surface area (Å²) in [4.78, 5) is 18.9. The number of primary amides is 1. The summed E-state index contributed by atoms with van der Waals surface area (Å²) in [7, 11) is 0. The molecule has 4 rings (SSSR count). The smallest absolute Gasteiger partial charge is 0.250 e. The number of benzene rings is 2. The minimum Gasteiger partial charge on any atom is -0.508 e. The normalized spacial score (nSPS) is 16.0. The molecule has 0 aliphatic carbocycles. The molecule has 1 aromatic heterocycles. The second kappa shape index (κ2) is 7.92. The molecular formula is C24H27N5O2. The van der Waals surface area contributed by atoms with Crippen LogP contribution < -0.4 is 22.1 Å². The van der Waals surface area contributed by atoms with Gasteiger partial charge in [0.05, 0.1) is 11.3 Å². The second-order valence-corrected chi connectivity index (χ2v) is 8.15. The highest BCUT2D eigenvalue weighted by molar-refractivity contribution is 6.04. The largest absolute Gasteiger partial charge is 0.508 e. The van der Waals surface area contributed by atoms with Gasteiger partial charge < -0.3 is 27.2 Å². The summed E-state index contributed by atoms with van der Waals surface area (Å²) in [5.74, 6) is 0.410. The zero-order valence-corrected chi connectivity index (χ0v) is 17.7. The Hall–Kier alpha value is -3.58. The van der Waals surface area contributed by atoms with Crippen molar-refractivity contribution in [1.82, 2.24) is 4.98 Å². The molecule has 160 valence electrons. The van der Waals surface area contributed by atoms with E-state index >= 15 is 0 Å². The molecule has 1 amide bonds.